The quantitative estimate of drug-likeness (QED) is 0.836. The summed E-state index contributed by atoms with van der Waals surface area (Å²) >= 11 is 0. The van der Waals surface area contributed by atoms with E-state index >= 15 is 0 Å². The first-order chi connectivity index (χ1) is 8.29. The largest absolute Gasteiger partial charge is 0.352 e. The van der Waals surface area contributed by atoms with Crippen molar-refractivity contribution in [2.75, 3.05) is 7.05 Å². The minimum atomic E-state index is 0.0510. The molecule has 2 aromatic heterocycles. The van der Waals surface area contributed by atoms with Crippen LogP contribution in [-0.2, 0) is 19.6 Å². The summed E-state index contributed by atoms with van der Waals surface area (Å²) in [6, 6.07) is 7.31. The Labute approximate surface area is 101 Å². The minimum absolute atomic E-state index is 0.0510. The van der Waals surface area contributed by atoms with Crippen LogP contribution in [-0.4, -0.2) is 16.2 Å². The van der Waals surface area contributed by atoms with Crippen LogP contribution in [0.25, 0.3) is 0 Å². The highest BCUT2D eigenvalue weighted by atomic mass is 16.1. The van der Waals surface area contributed by atoms with Crippen molar-refractivity contribution in [3.05, 3.63) is 58.8 Å². The predicted octanol–water partition coefficient (Wildman–Crippen LogP) is 1.07. The lowest BCUT2D eigenvalue weighted by Gasteiger charge is -2.05. The number of nitrogens with zero attached hydrogens (tertiary/aromatic N) is 2. The van der Waals surface area contributed by atoms with Crippen molar-refractivity contribution < 1.29 is 0 Å². The highest BCUT2D eigenvalue weighted by Gasteiger charge is 1.97. The topological polar surface area (TPSA) is 39.0 Å². The molecule has 2 rings (SSSR count). The van der Waals surface area contributed by atoms with Crippen LogP contribution >= 0.6 is 0 Å². The number of aromatic nitrogens is 2. The van der Waals surface area contributed by atoms with Gasteiger partial charge in [0.2, 0.25) is 0 Å². The summed E-state index contributed by atoms with van der Waals surface area (Å²) in [6.07, 6.45) is 5.96. The van der Waals surface area contributed by atoms with Crippen LogP contribution in [0.2, 0.25) is 0 Å². The second-order valence-electron chi connectivity index (χ2n) is 4.02. The highest BCUT2D eigenvalue weighted by molar-refractivity contribution is 5.09. The van der Waals surface area contributed by atoms with E-state index in [4.69, 9.17) is 0 Å². The van der Waals surface area contributed by atoms with Crippen molar-refractivity contribution in [1.29, 1.82) is 0 Å². The van der Waals surface area contributed by atoms with Gasteiger partial charge >= 0.3 is 0 Å². The Morgan fingerprint density at radius 3 is 2.82 bits per heavy atom. The lowest BCUT2D eigenvalue weighted by atomic mass is 10.3. The normalized spacial score (nSPS) is 10.6. The first kappa shape index (κ1) is 11.7. The lowest BCUT2D eigenvalue weighted by Crippen LogP contribution is -2.20. The Bertz CT molecular complexity index is 527. The van der Waals surface area contributed by atoms with E-state index in [0.29, 0.717) is 6.54 Å². The fourth-order valence-electron chi connectivity index (χ4n) is 1.81. The molecule has 0 fully saturated rings. The molecule has 2 heterocycles. The molecule has 0 aliphatic heterocycles. The monoisotopic (exact) mass is 231 g/mol. The molecule has 90 valence electrons. The molecular weight excluding hydrogens is 214 g/mol. The molecule has 0 aliphatic rings. The smallest absolute Gasteiger partial charge is 0.250 e. The second kappa shape index (κ2) is 5.50. The Hall–Kier alpha value is -1.81. The molecule has 0 saturated heterocycles. The van der Waals surface area contributed by atoms with Crippen molar-refractivity contribution in [3.63, 3.8) is 0 Å². The van der Waals surface area contributed by atoms with Crippen LogP contribution in [0.5, 0.6) is 0 Å². The van der Waals surface area contributed by atoms with Crippen LogP contribution in [0.4, 0.5) is 0 Å². The first-order valence-electron chi connectivity index (χ1n) is 5.74. The molecule has 0 amide bonds. The average molecular weight is 231 g/mol. The molecular formula is C13H17N3O. The third-order valence-electron chi connectivity index (χ3n) is 2.69. The average Bonchev–Trinajstić information content (AvgIpc) is 2.76. The maximum Gasteiger partial charge on any atom is 0.250 e. The van der Waals surface area contributed by atoms with E-state index in [1.807, 2.05) is 25.5 Å². The summed E-state index contributed by atoms with van der Waals surface area (Å²) in [4.78, 5) is 11.5. The maximum atomic E-state index is 11.5. The zero-order chi connectivity index (χ0) is 12.1. The standard InChI is InChI=1S/C13H17N3O/c1-14-10-12-5-7-15(11-12)8-9-16-6-3-2-4-13(16)17/h2-7,11,14H,8-10H2,1H3. The third-order valence-corrected chi connectivity index (χ3v) is 2.69. The summed E-state index contributed by atoms with van der Waals surface area (Å²) < 4.78 is 3.82. The lowest BCUT2D eigenvalue weighted by molar-refractivity contribution is 0.566. The van der Waals surface area contributed by atoms with E-state index in [1.54, 1.807) is 16.7 Å². The minimum Gasteiger partial charge on any atom is -0.352 e. The molecule has 0 aliphatic carbocycles. The number of pyridine rings is 1. The zero-order valence-corrected chi connectivity index (χ0v) is 9.97. The van der Waals surface area contributed by atoms with Crippen LogP contribution in [0.3, 0.4) is 0 Å². The molecule has 1 N–H and O–H groups in total. The summed E-state index contributed by atoms with van der Waals surface area (Å²) in [5.74, 6) is 0. The van der Waals surface area contributed by atoms with Crippen LogP contribution in [0.1, 0.15) is 5.56 Å². The Morgan fingerprint density at radius 1 is 1.18 bits per heavy atom. The van der Waals surface area contributed by atoms with Crippen LogP contribution < -0.4 is 10.9 Å². The number of nitrogens with one attached hydrogen (secondary N) is 1. The molecule has 0 spiro atoms. The van der Waals surface area contributed by atoms with Gasteiger partial charge in [0.05, 0.1) is 0 Å². The maximum absolute atomic E-state index is 11.5. The fourth-order valence-corrected chi connectivity index (χ4v) is 1.81. The van der Waals surface area contributed by atoms with E-state index in [9.17, 15) is 4.79 Å². The van der Waals surface area contributed by atoms with Gasteiger partial charge in [0.15, 0.2) is 0 Å². The summed E-state index contributed by atoms with van der Waals surface area (Å²) in [6.45, 7) is 2.39. The van der Waals surface area contributed by atoms with Crippen molar-refractivity contribution in [2.45, 2.75) is 19.6 Å². The summed E-state index contributed by atoms with van der Waals surface area (Å²) in [7, 11) is 1.93. The van der Waals surface area contributed by atoms with Gasteiger partial charge in [0, 0.05) is 44.3 Å². The van der Waals surface area contributed by atoms with Gasteiger partial charge in [-0.1, -0.05) is 6.07 Å². The van der Waals surface area contributed by atoms with Gasteiger partial charge in [-0.15, -0.1) is 0 Å². The molecule has 4 heteroatoms. The van der Waals surface area contributed by atoms with Crippen molar-refractivity contribution in [2.24, 2.45) is 0 Å². The summed E-state index contributed by atoms with van der Waals surface area (Å²) in [5.41, 5.74) is 1.31. The molecule has 0 atom stereocenters. The third kappa shape index (κ3) is 3.07. The molecule has 0 radical (unpaired) electrons. The SMILES string of the molecule is CNCc1ccn(CCn2ccccc2=O)c1. The number of hydrogen-bond acceptors (Lipinski definition) is 2. The van der Waals surface area contributed by atoms with Gasteiger partial charge < -0.3 is 14.5 Å². The van der Waals surface area contributed by atoms with Gasteiger partial charge in [0.25, 0.3) is 5.56 Å². The predicted molar refractivity (Wildman–Crippen MR) is 67.9 cm³/mol. The summed E-state index contributed by atoms with van der Waals surface area (Å²) in [5, 5.41) is 3.11. The molecule has 4 nitrogen and oxygen atoms in total. The fraction of sp³-hybridized carbons (Fsp3) is 0.308. The highest BCUT2D eigenvalue weighted by Crippen LogP contribution is 2.01. The van der Waals surface area contributed by atoms with E-state index in [2.05, 4.69) is 22.1 Å². The number of rotatable bonds is 5. The van der Waals surface area contributed by atoms with Gasteiger partial charge in [-0.2, -0.15) is 0 Å². The van der Waals surface area contributed by atoms with E-state index in [0.717, 1.165) is 13.1 Å². The van der Waals surface area contributed by atoms with Crippen molar-refractivity contribution >= 4 is 0 Å². The second-order valence-corrected chi connectivity index (χ2v) is 4.02. The van der Waals surface area contributed by atoms with Crippen molar-refractivity contribution in [1.82, 2.24) is 14.5 Å². The van der Waals surface area contributed by atoms with Gasteiger partial charge in [-0.05, 0) is 24.7 Å². The molecule has 0 saturated carbocycles. The zero-order valence-electron chi connectivity index (χ0n) is 9.97. The molecule has 17 heavy (non-hydrogen) atoms. The van der Waals surface area contributed by atoms with Gasteiger partial charge in [-0.25, -0.2) is 0 Å². The molecule has 0 aromatic carbocycles. The van der Waals surface area contributed by atoms with Crippen molar-refractivity contribution in [3.8, 4) is 0 Å². The Morgan fingerprint density at radius 2 is 2.06 bits per heavy atom. The number of hydrogen-bond donors (Lipinski definition) is 1. The molecule has 2 aromatic rings. The molecule has 0 bridgehead atoms. The number of aryl methyl sites for hydroxylation is 2. The van der Waals surface area contributed by atoms with E-state index in [1.165, 1.54) is 5.56 Å². The van der Waals surface area contributed by atoms with Gasteiger partial charge in [-0.3, -0.25) is 4.79 Å². The van der Waals surface area contributed by atoms with E-state index in [-0.39, 0.29) is 5.56 Å². The Kier molecular flexibility index (Phi) is 3.77. The molecule has 0 unspecified atom stereocenters. The van der Waals surface area contributed by atoms with Crippen LogP contribution in [0, 0.1) is 0 Å². The van der Waals surface area contributed by atoms with E-state index < -0.39 is 0 Å². The van der Waals surface area contributed by atoms with Crippen LogP contribution in [0.15, 0.2) is 47.7 Å². The first-order valence-corrected chi connectivity index (χ1v) is 5.74. The Balaban J connectivity index is 1.98. The van der Waals surface area contributed by atoms with Gasteiger partial charge in [0.1, 0.15) is 0 Å².